The minimum Gasteiger partial charge on any atom is -0.405 e. The highest BCUT2D eigenvalue weighted by Gasteiger charge is 2.51. The first-order valence-electron chi connectivity index (χ1n) is 13.9. The van der Waals surface area contributed by atoms with Gasteiger partial charge in [-0.2, -0.15) is 0 Å². The van der Waals surface area contributed by atoms with Gasteiger partial charge >= 0.3 is 0 Å². The molecule has 5 rings (SSSR count). The minimum absolute atomic E-state index is 0.170. The maximum Gasteiger partial charge on any atom is 0.261 e. The largest absolute Gasteiger partial charge is 0.405 e. The minimum atomic E-state index is -2.78. The summed E-state index contributed by atoms with van der Waals surface area (Å²) in [4.78, 5) is 0. The van der Waals surface area contributed by atoms with Crippen LogP contribution in [0.2, 0.25) is 5.04 Å². The Morgan fingerprint density at radius 1 is 0.821 bits per heavy atom. The van der Waals surface area contributed by atoms with Crippen LogP contribution in [0.25, 0.3) is 0 Å². The van der Waals surface area contributed by atoms with Crippen molar-refractivity contribution in [2.45, 2.75) is 69.9 Å². The van der Waals surface area contributed by atoms with Gasteiger partial charge in [-0.15, -0.1) is 0 Å². The summed E-state index contributed by atoms with van der Waals surface area (Å²) < 4.78 is 26.2. The van der Waals surface area contributed by atoms with E-state index in [1.54, 1.807) is 0 Å². The molecule has 3 aromatic carbocycles. The summed E-state index contributed by atoms with van der Waals surface area (Å²) in [6.07, 6.45) is 0.299. The van der Waals surface area contributed by atoms with Crippen molar-refractivity contribution in [2.75, 3.05) is 13.2 Å². The number of fused-ring (bicyclic) bond motifs is 1. The van der Waals surface area contributed by atoms with Crippen molar-refractivity contribution in [3.05, 3.63) is 108 Å². The highest BCUT2D eigenvalue weighted by molar-refractivity contribution is 6.99. The summed E-state index contributed by atoms with van der Waals surface area (Å²) in [5.74, 6) is 0. The van der Waals surface area contributed by atoms with E-state index in [4.69, 9.17) is 18.6 Å². The molecule has 5 nitrogen and oxygen atoms in total. The molecule has 5 atom stereocenters. The fourth-order valence-corrected chi connectivity index (χ4v) is 10.4. The van der Waals surface area contributed by atoms with Crippen molar-refractivity contribution >= 4 is 18.7 Å². The van der Waals surface area contributed by atoms with E-state index in [1.165, 1.54) is 10.4 Å². The lowest BCUT2D eigenvalue weighted by Crippen LogP contribution is -2.67. The van der Waals surface area contributed by atoms with E-state index >= 15 is 0 Å². The van der Waals surface area contributed by atoms with Gasteiger partial charge < -0.3 is 23.7 Å². The van der Waals surface area contributed by atoms with E-state index < -0.39 is 26.8 Å². The van der Waals surface area contributed by atoms with Crippen molar-refractivity contribution in [2.24, 2.45) is 0 Å². The predicted octanol–water partition coefficient (Wildman–Crippen LogP) is 5.14. The molecule has 0 bridgehead atoms. The topological polar surface area (TPSA) is 57.2 Å². The number of hydrogen-bond acceptors (Lipinski definition) is 5. The van der Waals surface area contributed by atoms with E-state index in [9.17, 15) is 5.11 Å². The number of rotatable bonds is 6. The molecule has 0 spiro atoms. The third-order valence-corrected chi connectivity index (χ3v) is 12.8. The molecular weight excluding hydrogens is 504 g/mol. The number of aliphatic hydroxyl groups is 1. The molecule has 0 saturated carbocycles. The molecule has 206 valence electrons. The van der Waals surface area contributed by atoms with Crippen LogP contribution in [-0.2, 0) is 18.6 Å². The molecular formula is C33H40O5Si. The molecule has 0 unspecified atom stereocenters. The number of ether oxygens (including phenoxy) is 3. The standard InChI is InChI=1S/C33H40O5Si/c1-24-20-28(34)30(37-31-22-35-32(38-29(31)21-24)25-14-8-5-9-15-25)23-36-39(33(2,3)4,26-16-10-6-11-17-26)27-18-12-7-13-19-27/h5-20,28-32,34H,21-23H2,1-4H3/b24-20-/t28-,29+,30+,31-,32-/m1/s1. The molecule has 0 aromatic heterocycles. The second-order valence-corrected chi connectivity index (χ2v) is 16.0. The monoisotopic (exact) mass is 544 g/mol. The molecule has 2 heterocycles. The molecule has 1 saturated heterocycles. The highest BCUT2D eigenvalue weighted by atomic mass is 28.4. The normalized spacial score (nSPS) is 27.5. The lowest BCUT2D eigenvalue weighted by molar-refractivity contribution is -0.278. The van der Waals surface area contributed by atoms with Crippen molar-refractivity contribution in [1.29, 1.82) is 0 Å². The van der Waals surface area contributed by atoms with Crippen LogP contribution >= 0.6 is 0 Å². The van der Waals surface area contributed by atoms with Crippen molar-refractivity contribution in [1.82, 2.24) is 0 Å². The molecule has 39 heavy (non-hydrogen) atoms. The van der Waals surface area contributed by atoms with Crippen molar-refractivity contribution < 1.29 is 23.7 Å². The zero-order valence-electron chi connectivity index (χ0n) is 23.3. The molecule has 1 N–H and O–H groups in total. The average Bonchev–Trinajstić information content (AvgIpc) is 2.93. The first kappa shape index (κ1) is 28.0. The van der Waals surface area contributed by atoms with Crippen LogP contribution in [0.4, 0.5) is 0 Å². The van der Waals surface area contributed by atoms with E-state index in [-0.39, 0.29) is 23.9 Å². The molecule has 0 amide bonds. The van der Waals surface area contributed by atoms with Gasteiger partial charge in [0.05, 0.1) is 19.3 Å². The Bertz CT molecular complexity index is 1190. The Morgan fingerprint density at radius 3 is 1.95 bits per heavy atom. The number of aliphatic hydroxyl groups excluding tert-OH is 1. The fraction of sp³-hybridized carbons (Fsp3) is 0.394. The van der Waals surface area contributed by atoms with E-state index in [0.29, 0.717) is 13.0 Å². The molecule has 2 aliphatic heterocycles. The van der Waals surface area contributed by atoms with Crippen LogP contribution in [-0.4, -0.2) is 51.1 Å². The number of benzene rings is 3. The Labute approximate surface area is 233 Å². The van der Waals surface area contributed by atoms with Gasteiger partial charge in [0.2, 0.25) is 0 Å². The Kier molecular flexibility index (Phi) is 8.52. The van der Waals surface area contributed by atoms with E-state index in [1.807, 2.05) is 55.5 Å². The van der Waals surface area contributed by atoms with Crippen LogP contribution in [0.15, 0.2) is 103 Å². The molecule has 6 heteroatoms. The molecule has 0 aliphatic carbocycles. The van der Waals surface area contributed by atoms with Gasteiger partial charge in [0.1, 0.15) is 18.3 Å². The predicted molar refractivity (Wildman–Crippen MR) is 157 cm³/mol. The van der Waals surface area contributed by atoms with Gasteiger partial charge in [-0.25, -0.2) is 0 Å². The third-order valence-electron chi connectivity index (χ3n) is 7.79. The highest BCUT2D eigenvalue weighted by Crippen LogP contribution is 2.38. The smallest absolute Gasteiger partial charge is 0.261 e. The Hall–Kier alpha value is -2.58. The Balaban J connectivity index is 1.43. The third kappa shape index (κ3) is 5.97. The van der Waals surface area contributed by atoms with Gasteiger partial charge in [0, 0.05) is 5.56 Å². The summed E-state index contributed by atoms with van der Waals surface area (Å²) in [6, 6.07) is 31.1. The molecule has 2 aliphatic rings. The van der Waals surface area contributed by atoms with Crippen molar-refractivity contribution in [3.8, 4) is 0 Å². The lowest BCUT2D eigenvalue weighted by Gasteiger charge is -2.45. The van der Waals surface area contributed by atoms with Crippen molar-refractivity contribution in [3.63, 3.8) is 0 Å². The summed E-state index contributed by atoms with van der Waals surface area (Å²) >= 11 is 0. The van der Waals surface area contributed by atoms with Crippen LogP contribution in [0, 0.1) is 0 Å². The summed E-state index contributed by atoms with van der Waals surface area (Å²) in [7, 11) is -2.78. The van der Waals surface area contributed by atoms with Crippen LogP contribution in [0.1, 0.15) is 46.0 Å². The molecule has 3 aromatic rings. The maximum absolute atomic E-state index is 11.3. The summed E-state index contributed by atoms with van der Waals surface area (Å²) in [5.41, 5.74) is 2.07. The number of hydrogen-bond donors (Lipinski definition) is 1. The zero-order chi connectivity index (χ0) is 27.5. The van der Waals surface area contributed by atoms with Crippen LogP contribution < -0.4 is 10.4 Å². The van der Waals surface area contributed by atoms with Gasteiger partial charge in [-0.1, -0.05) is 123 Å². The molecule has 1 fully saturated rings. The second kappa shape index (κ2) is 11.9. The van der Waals surface area contributed by atoms with E-state index in [2.05, 4.69) is 69.3 Å². The second-order valence-electron chi connectivity index (χ2n) is 11.6. The first-order valence-corrected chi connectivity index (χ1v) is 15.8. The zero-order valence-corrected chi connectivity index (χ0v) is 24.3. The summed E-state index contributed by atoms with van der Waals surface area (Å²) in [5, 5.41) is 13.5. The quantitative estimate of drug-likeness (QED) is 0.344. The SMILES string of the molecule is C/C1=C/[C@@H](O)[C@H](CO[Si](c2ccccc2)(c2ccccc2)C(C)(C)C)O[C@@H]2CO[C@@H](c3ccccc3)O[C@H]2C1. The maximum atomic E-state index is 11.3. The van der Waals surface area contributed by atoms with Gasteiger partial charge in [-0.3, -0.25) is 0 Å². The molecule has 0 radical (unpaired) electrons. The first-order chi connectivity index (χ1) is 18.8. The van der Waals surface area contributed by atoms with E-state index in [0.717, 1.165) is 11.1 Å². The van der Waals surface area contributed by atoms with Gasteiger partial charge in [0.15, 0.2) is 6.29 Å². The van der Waals surface area contributed by atoms with Gasteiger partial charge in [-0.05, 0) is 28.8 Å². The van der Waals surface area contributed by atoms with Crippen LogP contribution in [0.5, 0.6) is 0 Å². The van der Waals surface area contributed by atoms with Gasteiger partial charge in [0.25, 0.3) is 8.32 Å². The van der Waals surface area contributed by atoms with Crippen LogP contribution in [0.3, 0.4) is 0 Å². The Morgan fingerprint density at radius 2 is 1.38 bits per heavy atom. The summed E-state index contributed by atoms with van der Waals surface area (Å²) in [6.45, 7) is 9.44. The lowest BCUT2D eigenvalue weighted by atomic mass is 9.99. The average molecular weight is 545 g/mol. The fourth-order valence-electron chi connectivity index (χ4n) is 5.86.